The minimum absolute atomic E-state index is 0.0197. The van der Waals surface area contributed by atoms with E-state index in [4.69, 9.17) is 0 Å². The lowest BCUT2D eigenvalue weighted by Gasteiger charge is -2.29. The number of aromatic hydroxyl groups is 1. The van der Waals surface area contributed by atoms with E-state index in [-0.39, 0.29) is 18.0 Å². The van der Waals surface area contributed by atoms with Crippen LogP contribution in [0.25, 0.3) is 0 Å². The molecule has 0 saturated heterocycles. The molecule has 10 heteroatoms. The van der Waals surface area contributed by atoms with Crippen molar-refractivity contribution < 1.29 is 49.5 Å². The van der Waals surface area contributed by atoms with Gasteiger partial charge in [-0.1, -0.05) is 69.7 Å². The van der Waals surface area contributed by atoms with E-state index in [1.54, 1.807) is 0 Å². The molecule has 0 amide bonds. The van der Waals surface area contributed by atoms with Crippen LogP contribution in [0.5, 0.6) is 5.75 Å². The predicted molar refractivity (Wildman–Crippen MR) is 156 cm³/mol. The molecular formula is C32H46O10. The number of unbranched alkanes of at least 4 members (excludes halogenated alkanes) is 8. The highest BCUT2D eigenvalue weighted by atomic mass is 16.4. The first-order chi connectivity index (χ1) is 19.9. The van der Waals surface area contributed by atoms with Crippen molar-refractivity contribution in [1.29, 1.82) is 0 Å². The van der Waals surface area contributed by atoms with E-state index in [0.717, 1.165) is 44.9 Å². The van der Waals surface area contributed by atoms with Gasteiger partial charge in [-0.2, -0.15) is 0 Å². The largest absolute Gasteiger partial charge is 0.508 e. The number of allylic oxidation sites excluding steroid dienone is 1. The van der Waals surface area contributed by atoms with Crippen molar-refractivity contribution in [2.24, 2.45) is 11.8 Å². The number of Topliss-reactive ketones (excluding diaryl/α,β-unsaturated/α-hetero) is 2. The summed E-state index contributed by atoms with van der Waals surface area (Å²) in [6, 6.07) is 5.72. The Bertz CT molecular complexity index is 1050. The molecule has 1 aromatic rings. The molecular weight excluding hydrogens is 544 g/mol. The van der Waals surface area contributed by atoms with Crippen LogP contribution in [-0.2, 0) is 30.4 Å². The number of carbonyl (C=O) groups excluding carboxylic acids is 2. The molecule has 10 nitrogen and oxygen atoms in total. The standard InChI is InChI=1S/C32H46O10/c1-2-3-4-7-10-13-25(33)14-11-8-5-6-9-12-15-27(32(42,31(40)41)22-29(36)37)28(35)21-24(30(38)39)20-23-16-18-26(34)19-17-23/h12,15-19,24,27,34,42H,2-11,13-14,20-22H2,1H3,(H,36,37)(H,38,39)(H,40,41). The molecule has 0 saturated carbocycles. The maximum absolute atomic E-state index is 13.2. The molecule has 0 radical (unpaired) electrons. The second-order valence-corrected chi connectivity index (χ2v) is 10.9. The first-order valence-electron chi connectivity index (χ1n) is 14.8. The quantitative estimate of drug-likeness (QED) is 0.0778. The molecule has 0 fully saturated rings. The van der Waals surface area contributed by atoms with Gasteiger partial charge in [0.15, 0.2) is 5.60 Å². The Balaban J connectivity index is 2.77. The average Bonchev–Trinajstić information content (AvgIpc) is 2.92. The maximum atomic E-state index is 13.2. The fourth-order valence-corrected chi connectivity index (χ4v) is 4.84. The number of aliphatic carboxylic acids is 3. The van der Waals surface area contributed by atoms with Crippen molar-refractivity contribution in [2.45, 2.75) is 109 Å². The fourth-order valence-electron chi connectivity index (χ4n) is 4.84. The molecule has 0 aliphatic rings. The maximum Gasteiger partial charge on any atom is 0.337 e. The Morgan fingerprint density at radius 1 is 0.833 bits per heavy atom. The molecule has 0 aliphatic carbocycles. The second kappa shape index (κ2) is 19.6. The third kappa shape index (κ3) is 13.9. The summed E-state index contributed by atoms with van der Waals surface area (Å²) in [6.45, 7) is 2.15. The number of carboxylic acid groups (broad SMARTS) is 3. The lowest BCUT2D eigenvalue weighted by atomic mass is 9.78. The Morgan fingerprint density at radius 3 is 1.93 bits per heavy atom. The van der Waals surface area contributed by atoms with Gasteiger partial charge in [0.2, 0.25) is 0 Å². The molecule has 0 spiro atoms. The van der Waals surface area contributed by atoms with Crippen LogP contribution in [0.4, 0.5) is 0 Å². The third-order valence-corrected chi connectivity index (χ3v) is 7.33. The Hall–Kier alpha value is -3.53. The summed E-state index contributed by atoms with van der Waals surface area (Å²) in [6.07, 6.45) is 10.9. The molecule has 234 valence electrons. The molecule has 3 atom stereocenters. The topological polar surface area (TPSA) is 186 Å². The first kappa shape index (κ1) is 36.5. The monoisotopic (exact) mass is 590 g/mol. The minimum atomic E-state index is -2.96. The van der Waals surface area contributed by atoms with Gasteiger partial charge in [-0.3, -0.25) is 19.2 Å². The number of phenols is 1. The van der Waals surface area contributed by atoms with Crippen LogP contribution in [-0.4, -0.2) is 60.6 Å². The lowest BCUT2D eigenvalue weighted by molar-refractivity contribution is -0.172. The second-order valence-electron chi connectivity index (χ2n) is 10.9. The Morgan fingerprint density at radius 2 is 1.40 bits per heavy atom. The highest BCUT2D eigenvalue weighted by molar-refractivity contribution is 5.95. The summed E-state index contributed by atoms with van der Waals surface area (Å²) in [5, 5.41) is 48.9. The number of hydrogen-bond acceptors (Lipinski definition) is 7. The number of ketones is 2. The van der Waals surface area contributed by atoms with Crippen molar-refractivity contribution in [1.82, 2.24) is 0 Å². The van der Waals surface area contributed by atoms with Crippen molar-refractivity contribution in [3.8, 4) is 5.75 Å². The van der Waals surface area contributed by atoms with E-state index < -0.39 is 54.0 Å². The van der Waals surface area contributed by atoms with Gasteiger partial charge in [0.1, 0.15) is 17.3 Å². The molecule has 3 unspecified atom stereocenters. The highest BCUT2D eigenvalue weighted by Crippen LogP contribution is 2.29. The van der Waals surface area contributed by atoms with Gasteiger partial charge < -0.3 is 25.5 Å². The van der Waals surface area contributed by atoms with Crippen LogP contribution < -0.4 is 0 Å². The summed E-state index contributed by atoms with van der Waals surface area (Å²) in [5.41, 5.74) is -2.44. The zero-order valence-electron chi connectivity index (χ0n) is 24.5. The van der Waals surface area contributed by atoms with Crippen LogP contribution in [0.3, 0.4) is 0 Å². The van der Waals surface area contributed by atoms with E-state index in [1.807, 2.05) is 0 Å². The van der Waals surface area contributed by atoms with Crippen molar-refractivity contribution >= 4 is 29.5 Å². The van der Waals surface area contributed by atoms with E-state index in [1.165, 1.54) is 42.8 Å². The Kier molecular flexibility index (Phi) is 17.0. The van der Waals surface area contributed by atoms with E-state index in [0.29, 0.717) is 31.2 Å². The van der Waals surface area contributed by atoms with Gasteiger partial charge in [-0.25, -0.2) is 4.79 Å². The van der Waals surface area contributed by atoms with Crippen LogP contribution in [0.1, 0.15) is 102 Å². The molecule has 0 bridgehead atoms. The molecule has 0 aliphatic heterocycles. The van der Waals surface area contributed by atoms with Crippen LogP contribution in [0, 0.1) is 11.8 Å². The molecule has 5 N–H and O–H groups in total. The molecule has 0 aromatic heterocycles. The normalized spacial score (nSPS) is 14.2. The van der Waals surface area contributed by atoms with Crippen LogP contribution in [0.2, 0.25) is 0 Å². The predicted octanol–water partition coefficient (Wildman–Crippen LogP) is 5.33. The summed E-state index contributed by atoms with van der Waals surface area (Å²) in [5.74, 6) is -8.53. The van der Waals surface area contributed by atoms with Gasteiger partial charge in [0.25, 0.3) is 0 Å². The Labute approximate surface area is 247 Å². The average molecular weight is 591 g/mol. The van der Waals surface area contributed by atoms with Crippen molar-refractivity contribution in [3.63, 3.8) is 0 Å². The number of carboxylic acids is 3. The molecule has 1 aromatic carbocycles. The minimum Gasteiger partial charge on any atom is -0.508 e. The summed E-state index contributed by atoms with van der Waals surface area (Å²) < 4.78 is 0. The van der Waals surface area contributed by atoms with E-state index in [2.05, 4.69) is 6.92 Å². The van der Waals surface area contributed by atoms with Gasteiger partial charge in [-0.05, 0) is 49.8 Å². The van der Waals surface area contributed by atoms with Crippen LogP contribution in [0.15, 0.2) is 36.4 Å². The van der Waals surface area contributed by atoms with E-state index in [9.17, 15) is 49.5 Å². The SMILES string of the molecule is CCCCCCCC(=O)CCCCCCC=CC(C(=O)CC(Cc1ccc(O)cc1)C(=O)O)C(O)(CC(=O)O)C(=O)O. The van der Waals surface area contributed by atoms with Crippen LogP contribution >= 0.6 is 0 Å². The van der Waals surface area contributed by atoms with Gasteiger partial charge in [0, 0.05) is 19.3 Å². The summed E-state index contributed by atoms with van der Waals surface area (Å²) in [4.78, 5) is 60.5. The summed E-state index contributed by atoms with van der Waals surface area (Å²) >= 11 is 0. The smallest absolute Gasteiger partial charge is 0.337 e. The zero-order chi connectivity index (χ0) is 31.5. The van der Waals surface area contributed by atoms with Gasteiger partial charge >= 0.3 is 17.9 Å². The number of rotatable bonds is 24. The number of hydrogen-bond donors (Lipinski definition) is 5. The van der Waals surface area contributed by atoms with Gasteiger partial charge in [-0.15, -0.1) is 0 Å². The van der Waals surface area contributed by atoms with Crippen molar-refractivity contribution in [2.75, 3.05) is 0 Å². The first-order valence-corrected chi connectivity index (χ1v) is 14.8. The third-order valence-electron chi connectivity index (χ3n) is 7.33. The molecule has 1 rings (SSSR count). The fraction of sp³-hybridized carbons (Fsp3) is 0.594. The van der Waals surface area contributed by atoms with E-state index >= 15 is 0 Å². The highest BCUT2D eigenvalue weighted by Gasteiger charge is 2.48. The molecule has 0 heterocycles. The number of aliphatic hydroxyl groups is 1. The number of carbonyl (C=O) groups is 5. The number of phenolic OH excluding ortho intramolecular Hbond substituents is 1. The van der Waals surface area contributed by atoms with Gasteiger partial charge in [0.05, 0.1) is 18.3 Å². The lowest BCUT2D eigenvalue weighted by Crippen LogP contribution is -2.50. The van der Waals surface area contributed by atoms with Crippen molar-refractivity contribution in [3.05, 3.63) is 42.0 Å². The number of benzene rings is 1. The zero-order valence-corrected chi connectivity index (χ0v) is 24.5. The summed E-state index contributed by atoms with van der Waals surface area (Å²) in [7, 11) is 0. The molecule has 42 heavy (non-hydrogen) atoms.